The van der Waals surface area contributed by atoms with Crippen molar-refractivity contribution in [1.29, 1.82) is 0 Å². The molecule has 2 fully saturated rings. The Hall–Kier alpha value is -2.80. The molecule has 0 bridgehead atoms. The topological polar surface area (TPSA) is 83.6 Å². The Labute approximate surface area is 161 Å². The van der Waals surface area contributed by atoms with E-state index >= 15 is 0 Å². The number of Topliss-reactive ketones (excluding diaryl/α,β-unsaturated/α-hetero) is 1. The zero-order valence-electron chi connectivity index (χ0n) is 15.2. The fraction of sp³-hybridized carbons (Fsp3) is 0.333. The maximum atomic E-state index is 12.7. The van der Waals surface area contributed by atoms with Gasteiger partial charge in [0.15, 0.2) is 0 Å². The lowest BCUT2D eigenvalue weighted by atomic mass is 9.76. The fourth-order valence-corrected chi connectivity index (χ4v) is 3.44. The van der Waals surface area contributed by atoms with Crippen LogP contribution in [0.3, 0.4) is 0 Å². The minimum Gasteiger partial charge on any atom is -0.350 e. The van der Waals surface area contributed by atoms with Gasteiger partial charge in [0.25, 0.3) is 0 Å². The van der Waals surface area contributed by atoms with Crippen molar-refractivity contribution >= 4 is 11.8 Å². The van der Waals surface area contributed by atoms with Crippen LogP contribution in [-0.4, -0.2) is 28.1 Å². The van der Waals surface area contributed by atoms with Crippen molar-refractivity contribution < 1.29 is 23.6 Å². The second-order valence-corrected chi connectivity index (χ2v) is 7.25. The Morgan fingerprint density at radius 3 is 1.71 bits per heavy atom. The van der Waals surface area contributed by atoms with Crippen LogP contribution in [0.5, 0.6) is 0 Å². The first-order chi connectivity index (χ1) is 13.3. The molecule has 0 heterocycles. The molecule has 7 heteroatoms. The normalized spacial score (nSPS) is 21.0. The van der Waals surface area contributed by atoms with E-state index in [0.717, 1.165) is 11.1 Å². The van der Waals surface area contributed by atoms with Gasteiger partial charge in [-0.15, -0.1) is 0 Å². The monoisotopic (exact) mass is 388 g/mol. The number of hydrogen-bond donors (Lipinski definition) is 2. The summed E-state index contributed by atoms with van der Waals surface area (Å²) in [4.78, 5) is 21.3. The second kappa shape index (κ2) is 8.48. The van der Waals surface area contributed by atoms with Crippen LogP contribution in [0.25, 0.3) is 0 Å². The number of amides is 2. The van der Waals surface area contributed by atoms with Crippen LogP contribution >= 0.6 is 0 Å². The van der Waals surface area contributed by atoms with Crippen molar-refractivity contribution in [3.8, 4) is 0 Å². The number of benzene rings is 2. The number of primary amides is 1. The summed E-state index contributed by atoms with van der Waals surface area (Å²) in [7, 11) is 0. The number of hydrogen-bond acceptors (Lipinski definition) is 3. The molecule has 0 radical (unpaired) electrons. The number of hydroxylamine groups is 2. The summed E-state index contributed by atoms with van der Waals surface area (Å²) in [6.45, 7) is 0. The van der Waals surface area contributed by atoms with Gasteiger partial charge in [0.2, 0.25) is 0 Å². The van der Waals surface area contributed by atoms with Crippen LogP contribution in [0.15, 0.2) is 48.5 Å². The van der Waals surface area contributed by atoms with Crippen LogP contribution in [-0.2, 0) is 4.79 Å². The minimum atomic E-state index is -0.831. The first-order valence-electron chi connectivity index (χ1n) is 9.13. The Morgan fingerprint density at radius 2 is 1.32 bits per heavy atom. The predicted octanol–water partition coefficient (Wildman–Crippen LogP) is 4.11. The van der Waals surface area contributed by atoms with Crippen LogP contribution in [0.4, 0.5) is 13.6 Å². The number of urea groups is 1. The summed E-state index contributed by atoms with van der Waals surface area (Å²) >= 11 is 0. The second-order valence-electron chi connectivity index (χ2n) is 7.25. The number of nitrogens with zero attached hydrogens (tertiary/aromatic N) is 1. The molecule has 0 aromatic heterocycles. The van der Waals surface area contributed by atoms with Crippen molar-refractivity contribution in [3.05, 3.63) is 71.3 Å². The summed E-state index contributed by atoms with van der Waals surface area (Å²) < 4.78 is 25.2. The SMILES string of the molecule is NC(=O)N(O)[C@H]1C[C@@H](c2ccc(F)cc2)C1.O=C1CC(c2ccc(F)cc2)C1. The first-order valence-corrected chi connectivity index (χ1v) is 9.13. The van der Waals surface area contributed by atoms with Gasteiger partial charge in [0, 0.05) is 12.8 Å². The Bertz CT molecular complexity index is 826. The van der Waals surface area contributed by atoms with Crippen molar-refractivity contribution in [3.63, 3.8) is 0 Å². The summed E-state index contributed by atoms with van der Waals surface area (Å²) in [5, 5.41) is 9.82. The van der Waals surface area contributed by atoms with Gasteiger partial charge in [-0.3, -0.25) is 10.0 Å². The van der Waals surface area contributed by atoms with Gasteiger partial charge in [-0.25, -0.2) is 18.6 Å². The Balaban J connectivity index is 0.000000167. The molecule has 0 atom stereocenters. The van der Waals surface area contributed by atoms with E-state index in [0.29, 0.717) is 42.4 Å². The highest BCUT2D eigenvalue weighted by molar-refractivity contribution is 5.86. The van der Waals surface area contributed by atoms with Gasteiger partial charge in [0.05, 0.1) is 6.04 Å². The molecule has 0 aliphatic heterocycles. The quantitative estimate of drug-likeness (QED) is 0.613. The van der Waals surface area contributed by atoms with E-state index in [1.807, 2.05) is 0 Å². The molecule has 2 aliphatic carbocycles. The third-order valence-corrected chi connectivity index (χ3v) is 5.32. The number of rotatable bonds is 3. The summed E-state index contributed by atoms with van der Waals surface area (Å²) in [5.74, 6) is 0.437. The molecule has 5 nitrogen and oxygen atoms in total. The predicted molar refractivity (Wildman–Crippen MR) is 98.8 cm³/mol. The zero-order valence-corrected chi connectivity index (χ0v) is 15.2. The van der Waals surface area contributed by atoms with Crippen LogP contribution in [0.2, 0.25) is 0 Å². The Kier molecular flexibility index (Phi) is 6.04. The average molecular weight is 388 g/mol. The lowest BCUT2D eigenvalue weighted by Gasteiger charge is -2.39. The summed E-state index contributed by atoms with van der Waals surface area (Å²) in [6, 6.07) is 11.6. The molecule has 148 valence electrons. The zero-order chi connectivity index (χ0) is 20.3. The number of nitrogens with two attached hydrogens (primary N) is 1. The first kappa shape index (κ1) is 19.9. The maximum absolute atomic E-state index is 12.7. The highest BCUT2D eigenvalue weighted by Gasteiger charge is 2.35. The van der Waals surface area contributed by atoms with Gasteiger partial charge >= 0.3 is 6.03 Å². The fourth-order valence-electron chi connectivity index (χ4n) is 3.44. The third-order valence-electron chi connectivity index (χ3n) is 5.32. The van der Waals surface area contributed by atoms with E-state index in [-0.39, 0.29) is 23.6 Å². The average Bonchev–Trinajstić information content (AvgIpc) is 2.61. The van der Waals surface area contributed by atoms with E-state index in [1.165, 1.54) is 24.3 Å². The molecular weight excluding hydrogens is 366 g/mol. The molecule has 2 amide bonds. The maximum Gasteiger partial charge on any atom is 0.338 e. The highest BCUT2D eigenvalue weighted by Crippen LogP contribution is 2.39. The van der Waals surface area contributed by atoms with Crippen LogP contribution < -0.4 is 5.73 Å². The number of carbonyl (C=O) groups excluding carboxylic acids is 2. The number of carbonyl (C=O) groups is 2. The lowest BCUT2D eigenvalue weighted by molar-refractivity contribution is -0.124. The van der Waals surface area contributed by atoms with Gasteiger partial charge in [-0.1, -0.05) is 24.3 Å². The standard InChI is InChI=1S/C11H13FN2O2.C10H9FO/c12-9-3-1-7(2-4-9)8-5-10(6-8)14(16)11(13)15;11-9-3-1-7(2-4-9)8-5-10(12)6-8/h1-4,8,10,16H,5-6H2,(H2,13,15);1-4,8H,5-6H2/t8-,10+;. The lowest BCUT2D eigenvalue weighted by Crippen LogP contribution is -2.47. The van der Waals surface area contributed by atoms with E-state index in [4.69, 9.17) is 5.73 Å². The number of ketones is 1. The molecular formula is C21H22F2N2O3. The molecule has 0 unspecified atom stereocenters. The van der Waals surface area contributed by atoms with Crippen molar-refractivity contribution in [1.82, 2.24) is 5.06 Å². The molecule has 0 spiro atoms. The highest BCUT2D eigenvalue weighted by atomic mass is 19.1. The van der Waals surface area contributed by atoms with Gasteiger partial charge < -0.3 is 5.73 Å². The molecule has 2 aliphatic rings. The molecule has 2 saturated carbocycles. The van der Waals surface area contributed by atoms with Gasteiger partial charge in [-0.05, 0) is 60.1 Å². The smallest absolute Gasteiger partial charge is 0.338 e. The number of halogens is 2. The third kappa shape index (κ3) is 4.72. The van der Waals surface area contributed by atoms with Crippen LogP contribution in [0.1, 0.15) is 48.6 Å². The molecule has 2 aromatic carbocycles. The summed E-state index contributed by atoms with van der Waals surface area (Å²) in [5.41, 5.74) is 7.04. The molecule has 2 aromatic rings. The minimum absolute atomic E-state index is 0.215. The van der Waals surface area contributed by atoms with Gasteiger partial charge in [0.1, 0.15) is 17.4 Å². The Morgan fingerprint density at radius 1 is 0.893 bits per heavy atom. The van der Waals surface area contributed by atoms with Crippen molar-refractivity contribution in [2.75, 3.05) is 0 Å². The van der Waals surface area contributed by atoms with Crippen molar-refractivity contribution in [2.24, 2.45) is 5.73 Å². The van der Waals surface area contributed by atoms with E-state index < -0.39 is 6.03 Å². The molecule has 0 saturated heterocycles. The molecule has 28 heavy (non-hydrogen) atoms. The summed E-state index contributed by atoms with van der Waals surface area (Å²) in [6.07, 6.45) is 2.58. The van der Waals surface area contributed by atoms with E-state index in [9.17, 15) is 23.6 Å². The molecule has 4 rings (SSSR count). The van der Waals surface area contributed by atoms with Crippen LogP contribution in [0, 0.1) is 11.6 Å². The van der Waals surface area contributed by atoms with Crippen molar-refractivity contribution in [2.45, 2.75) is 43.6 Å². The largest absolute Gasteiger partial charge is 0.350 e. The van der Waals surface area contributed by atoms with Gasteiger partial charge in [-0.2, -0.15) is 0 Å². The van der Waals surface area contributed by atoms with E-state index in [1.54, 1.807) is 24.3 Å². The molecule has 3 N–H and O–H groups in total. The van der Waals surface area contributed by atoms with E-state index in [2.05, 4.69) is 0 Å².